The molecule has 1 unspecified atom stereocenters. The van der Waals surface area contributed by atoms with Crippen LogP contribution >= 0.6 is 0 Å². The van der Waals surface area contributed by atoms with Crippen LogP contribution in [0.5, 0.6) is 0 Å². The fraction of sp³-hybridized carbons (Fsp3) is 0.200. The topological polar surface area (TPSA) is 40.5 Å². The van der Waals surface area contributed by atoms with Gasteiger partial charge in [0, 0.05) is 0 Å². The van der Waals surface area contributed by atoms with Gasteiger partial charge in [-0.1, -0.05) is 12.7 Å². The monoisotopic (exact) mass is 100 g/mol. The van der Waals surface area contributed by atoms with Crippen LogP contribution in [0.15, 0.2) is 25.0 Å². The van der Waals surface area contributed by atoms with E-state index in [1.807, 2.05) is 0 Å². The molecule has 2 N–H and O–H groups in total. The first-order chi connectivity index (χ1) is 3.18. The van der Waals surface area contributed by atoms with E-state index in [2.05, 4.69) is 13.2 Å². The molecular weight excluding hydrogens is 92.1 g/mol. The summed E-state index contributed by atoms with van der Waals surface area (Å²) in [5, 5.41) is 16.8. The largest absolute Gasteiger partial charge is 0.510 e. The highest BCUT2D eigenvalue weighted by molar-refractivity contribution is 4.98. The minimum absolute atomic E-state index is 0.269. The zero-order valence-corrected chi connectivity index (χ0v) is 3.96. The van der Waals surface area contributed by atoms with Crippen molar-refractivity contribution in [3.8, 4) is 0 Å². The molecule has 0 rings (SSSR count). The zero-order valence-electron chi connectivity index (χ0n) is 3.96. The Kier molecular flexibility index (Phi) is 2.16. The Balaban J connectivity index is 3.55. The molecule has 0 aromatic carbocycles. The van der Waals surface area contributed by atoms with Crippen LogP contribution in [0.1, 0.15) is 0 Å². The molecule has 0 amide bonds. The molecule has 2 nitrogen and oxygen atoms in total. The molecule has 0 aliphatic carbocycles. The summed E-state index contributed by atoms with van der Waals surface area (Å²) in [6.07, 6.45) is 0.225. The lowest BCUT2D eigenvalue weighted by Crippen LogP contribution is -2.02. The number of aliphatic hydroxyl groups is 2. The van der Waals surface area contributed by atoms with Crippen molar-refractivity contribution in [1.82, 2.24) is 0 Å². The van der Waals surface area contributed by atoms with Crippen molar-refractivity contribution in [2.24, 2.45) is 0 Å². The zero-order chi connectivity index (χ0) is 5.86. The summed E-state index contributed by atoms with van der Waals surface area (Å²) < 4.78 is 0. The van der Waals surface area contributed by atoms with E-state index in [1.54, 1.807) is 0 Å². The predicted octanol–water partition coefficient (Wildman–Crippen LogP) is 0.605. The molecule has 0 fully saturated rings. The molecule has 0 aliphatic rings. The summed E-state index contributed by atoms with van der Waals surface area (Å²) in [6.45, 7) is 6.27. The van der Waals surface area contributed by atoms with Gasteiger partial charge in [-0.05, 0) is 0 Å². The summed E-state index contributed by atoms with van der Waals surface area (Å²) in [6, 6.07) is 0. The Morgan fingerprint density at radius 2 is 2.14 bits per heavy atom. The highest BCUT2D eigenvalue weighted by Gasteiger charge is 1.96. The van der Waals surface area contributed by atoms with Crippen LogP contribution in [0, 0.1) is 0 Å². The van der Waals surface area contributed by atoms with Gasteiger partial charge in [-0.15, -0.1) is 6.58 Å². The Bertz CT molecular complexity index is 86.1. The van der Waals surface area contributed by atoms with E-state index >= 15 is 0 Å². The van der Waals surface area contributed by atoms with Crippen LogP contribution in [0.2, 0.25) is 0 Å². The standard InChI is InChI=1S/C5H8O2/c1-3-5(7)4(2)6/h3,5-7H,1-2H2. The second-order valence-corrected chi connectivity index (χ2v) is 1.17. The molecule has 7 heavy (non-hydrogen) atoms. The highest BCUT2D eigenvalue weighted by Crippen LogP contribution is 1.91. The quantitative estimate of drug-likeness (QED) is 0.394. The fourth-order valence-corrected chi connectivity index (χ4v) is 0.136. The van der Waals surface area contributed by atoms with Gasteiger partial charge in [-0.2, -0.15) is 0 Å². The summed E-state index contributed by atoms with van der Waals surface area (Å²) >= 11 is 0. The molecule has 0 bridgehead atoms. The van der Waals surface area contributed by atoms with Crippen LogP contribution in [0.25, 0.3) is 0 Å². The van der Waals surface area contributed by atoms with Gasteiger partial charge in [0.1, 0.15) is 11.9 Å². The Labute approximate surface area is 42.4 Å². The third-order valence-electron chi connectivity index (χ3n) is 0.565. The highest BCUT2D eigenvalue weighted by atomic mass is 16.3. The Morgan fingerprint density at radius 3 is 2.14 bits per heavy atom. The fourth-order valence-electron chi connectivity index (χ4n) is 0.136. The van der Waals surface area contributed by atoms with Crippen molar-refractivity contribution in [2.75, 3.05) is 0 Å². The maximum Gasteiger partial charge on any atom is 0.128 e. The van der Waals surface area contributed by atoms with E-state index in [0.717, 1.165) is 0 Å². The van der Waals surface area contributed by atoms with Gasteiger partial charge in [-0.3, -0.25) is 0 Å². The van der Waals surface area contributed by atoms with E-state index in [4.69, 9.17) is 10.2 Å². The predicted molar refractivity (Wildman–Crippen MR) is 28.0 cm³/mol. The number of rotatable bonds is 2. The first-order valence-electron chi connectivity index (χ1n) is 1.87. The second-order valence-electron chi connectivity index (χ2n) is 1.17. The normalized spacial score (nSPS) is 12.7. The van der Waals surface area contributed by atoms with Crippen LogP contribution in [0.4, 0.5) is 0 Å². The van der Waals surface area contributed by atoms with Gasteiger partial charge >= 0.3 is 0 Å². The van der Waals surface area contributed by atoms with Crippen molar-refractivity contribution in [2.45, 2.75) is 6.10 Å². The molecule has 0 aromatic heterocycles. The molecular formula is C5H8O2. The van der Waals surface area contributed by atoms with Crippen LogP contribution in [0.3, 0.4) is 0 Å². The van der Waals surface area contributed by atoms with Gasteiger partial charge < -0.3 is 10.2 Å². The van der Waals surface area contributed by atoms with Crippen LogP contribution in [-0.2, 0) is 0 Å². The smallest absolute Gasteiger partial charge is 0.128 e. The SMILES string of the molecule is C=CC(O)C(=C)O. The van der Waals surface area contributed by atoms with Gasteiger partial charge in [0.05, 0.1) is 0 Å². The molecule has 1 atom stereocenters. The third kappa shape index (κ3) is 2.00. The Morgan fingerprint density at radius 1 is 1.71 bits per heavy atom. The average Bonchev–Trinajstić information content (AvgIpc) is 1.65. The van der Waals surface area contributed by atoms with Crippen LogP contribution in [-0.4, -0.2) is 16.3 Å². The van der Waals surface area contributed by atoms with Crippen molar-refractivity contribution in [3.63, 3.8) is 0 Å². The van der Waals surface area contributed by atoms with E-state index in [-0.39, 0.29) is 5.76 Å². The maximum atomic E-state index is 8.47. The van der Waals surface area contributed by atoms with Gasteiger partial charge in [0.25, 0.3) is 0 Å². The summed E-state index contributed by atoms with van der Waals surface area (Å²) in [5.74, 6) is -0.269. The molecule has 0 heterocycles. The van der Waals surface area contributed by atoms with Crippen molar-refractivity contribution in [3.05, 3.63) is 25.0 Å². The maximum absolute atomic E-state index is 8.47. The minimum atomic E-state index is -0.972. The lowest BCUT2D eigenvalue weighted by atomic mass is 10.3. The van der Waals surface area contributed by atoms with Crippen molar-refractivity contribution >= 4 is 0 Å². The van der Waals surface area contributed by atoms with E-state index in [9.17, 15) is 0 Å². The number of aliphatic hydroxyl groups excluding tert-OH is 2. The Hall–Kier alpha value is -0.760. The summed E-state index contributed by atoms with van der Waals surface area (Å²) in [5.41, 5.74) is 0. The number of hydrogen-bond donors (Lipinski definition) is 2. The summed E-state index contributed by atoms with van der Waals surface area (Å²) in [4.78, 5) is 0. The lowest BCUT2D eigenvalue weighted by molar-refractivity contribution is 0.194. The van der Waals surface area contributed by atoms with Gasteiger partial charge in [0.15, 0.2) is 0 Å². The lowest BCUT2D eigenvalue weighted by Gasteiger charge is -1.97. The van der Waals surface area contributed by atoms with Crippen molar-refractivity contribution < 1.29 is 10.2 Å². The minimum Gasteiger partial charge on any atom is -0.510 e. The average molecular weight is 100 g/mol. The first kappa shape index (κ1) is 6.24. The molecule has 40 valence electrons. The molecule has 0 aromatic rings. The molecule has 2 heteroatoms. The molecule has 0 radical (unpaired) electrons. The second kappa shape index (κ2) is 2.42. The van der Waals surface area contributed by atoms with Crippen molar-refractivity contribution in [1.29, 1.82) is 0 Å². The van der Waals surface area contributed by atoms with E-state index in [0.29, 0.717) is 0 Å². The van der Waals surface area contributed by atoms with Gasteiger partial charge in [0.2, 0.25) is 0 Å². The van der Waals surface area contributed by atoms with E-state index in [1.165, 1.54) is 6.08 Å². The summed E-state index contributed by atoms with van der Waals surface area (Å²) in [7, 11) is 0. The molecule has 0 spiro atoms. The molecule has 0 saturated carbocycles. The van der Waals surface area contributed by atoms with Gasteiger partial charge in [-0.25, -0.2) is 0 Å². The van der Waals surface area contributed by atoms with E-state index < -0.39 is 6.10 Å². The van der Waals surface area contributed by atoms with Crippen LogP contribution < -0.4 is 0 Å². The molecule has 0 aliphatic heterocycles. The third-order valence-corrected chi connectivity index (χ3v) is 0.565. The first-order valence-corrected chi connectivity index (χ1v) is 1.87. The number of hydrogen-bond acceptors (Lipinski definition) is 2. The molecule has 0 saturated heterocycles.